The molecule has 2 aromatic heterocycles. The quantitative estimate of drug-likeness (QED) is 0.591. The molecule has 0 aliphatic rings. The van der Waals surface area contributed by atoms with Gasteiger partial charge in [0.25, 0.3) is 0 Å². The van der Waals surface area contributed by atoms with Crippen molar-refractivity contribution in [2.75, 3.05) is 30.4 Å². The van der Waals surface area contributed by atoms with Crippen molar-refractivity contribution in [2.24, 2.45) is 0 Å². The van der Waals surface area contributed by atoms with Gasteiger partial charge in [-0.15, -0.1) is 11.3 Å². The lowest BCUT2D eigenvalue weighted by Gasteiger charge is -2.15. The third kappa shape index (κ3) is 5.23. The number of nitrogens with zero attached hydrogens (tertiary/aromatic N) is 4. The zero-order valence-corrected chi connectivity index (χ0v) is 14.0. The van der Waals surface area contributed by atoms with E-state index >= 15 is 0 Å². The summed E-state index contributed by atoms with van der Waals surface area (Å²) in [6.45, 7) is 1.96. The van der Waals surface area contributed by atoms with Crippen LogP contribution in [0.2, 0.25) is 0 Å². The highest BCUT2D eigenvalue weighted by atomic mass is 32.1. The summed E-state index contributed by atoms with van der Waals surface area (Å²) in [5.74, 6) is -1.30. The van der Waals surface area contributed by atoms with Crippen LogP contribution in [0.15, 0.2) is 17.6 Å². The molecule has 1 amide bonds. The van der Waals surface area contributed by atoms with Crippen molar-refractivity contribution in [1.82, 2.24) is 15.0 Å². The van der Waals surface area contributed by atoms with Crippen LogP contribution in [-0.4, -0.2) is 47.0 Å². The minimum Gasteiger partial charge on any atom is -0.466 e. The second-order valence-electron chi connectivity index (χ2n) is 4.71. The van der Waals surface area contributed by atoms with E-state index in [0.29, 0.717) is 17.4 Å². The van der Waals surface area contributed by atoms with Gasteiger partial charge in [-0.2, -0.15) is 9.37 Å². The van der Waals surface area contributed by atoms with Gasteiger partial charge in [-0.1, -0.05) is 0 Å². The number of anilines is 2. The molecule has 0 saturated carbocycles. The Bertz CT molecular complexity index is 724. The monoisotopic (exact) mass is 353 g/mol. The Morgan fingerprint density at radius 2 is 2.21 bits per heavy atom. The van der Waals surface area contributed by atoms with Crippen molar-refractivity contribution < 1.29 is 18.7 Å². The molecule has 0 atom stereocenters. The molecule has 0 unspecified atom stereocenters. The van der Waals surface area contributed by atoms with E-state index in [9.17, 15) is 14.0 Å². The van der Waals surface area contributed by atoms with Gasteiger partial charge in [0, 0.05) is 24.7 Å². The van der Waals surface area contributed by atoms with E-state index in [1.165, 1.54) is 22.4 Å². The van der Waals surface area contributed by atoms with Crippen molar-refractivity contribution in [3.63, 3.8) is 0 Å². The number of hydrogen-bond donors (Lipinski definition) is 1. The fraction of sp³-hybridized carbons (Fsp3) is 0.357. The van der Waals surface area contributed by atoms with Crippen molar-refractivity contribution in [3.05, 3.63) is 29.3 Å². The summed E-state index contributed by atoms with van der Waals surface area (Å²) in [5.41, 5.74) is 0.524. The van der Waals surface area contributed by atoms with Crippen molar-refractivity contribution in [1.29, 1.82) is 0 Å². The van der Waals surface area contributed by atoms with Gasteiger partial charge in [-0.25, -0.2) is 9.97 Å². The van der Waals surface area contributed by atoms with E-state index in [1.807, 2.05) is 0 Å². The highest BCUT2D eigenvalue weighted by Crippen LogP contribution is 2.16. The van der Waals surface area contributed by atoms with Gasteiger partial charge < -0.3 is 15.0 Å². The van der Waals surface area contributed by atoms with E-state index in [-0.39, 0.29) is 30.8 Å². The van der Waals surface area contributed by atoms with Crippen molar-refractivity contribution in [2.45, 2.75) is 13.3 Å². The topological polar surface area (TPSA) is 97.3 Å². The minimum atomic E-state index is -0.671. The van der Waals surface area contributed by atoms with Gasteiger partial charge in [0.05, 0.1) is 25.3 Å². The lowest BCUT2D eigenvalue weighted by atomic mass is 10.3. The largest absolute Gasteiger partial charge is 0.466 e. The average Bonchev–Trinajstić information content (AvgIpc) is 2.94. The number of thiazole rings is 1. The summed E-state index contributed by atoms with van der Waals surface area (Å²) < 4.78 is 17.9. The Morgan fingerprint density at radius 1 is 1.42 bits per heavy atom. The normalized spacial score (nSPS) is 10.3. The molecule has 1 N–H and O–H groups in total. The molecule has 24 heavy (non-hydrogen) atoms. The third-order valence-corrected chi connectivity index (χ3v) is 3.57. The molecule has 0 aliphatic heterocycles. The van der Waals surface area contributed by atoms with Crippen LogP contribution < -0.4 is 10.2 Å². The molecule has 0 spiro atoms. The highest BCUT2D eigenvalue weighted by molar-refractivity contribution is 7.13. The Kier molecular flexibility index (Phi) is 6.13. The number of aromatic nitrogens is 3. The number of carbonyl (C=O) groups is 2. The van der Waals surface area contributed by atoms with Gasteiger partial charge in [-0.05, 0) is 6.92 Å². The number of hydrogen-bond acceptors (Lipinski definition) is 8. The maximum atomic E-state index is 13.0. The first-order valence-corrected chi connectivity index (χ1v) is 7.95. The SMILES string of the molecule is CCOC(=O)Cc1csc(NC(=O)CN(C)c2nccc(F)n2)n1. The second-order valence-corrected chi connectivity index (χ2v) is 5.57. The summed E-state index contributed by atoms with van der Waals surface area (Å²) in [7, 11) is 1.57. The summed E-state index contributed by atoms with van der Waals surface area (Å²) in [6.07, 6.45) is 1.33. The Labute approximate surface area is 141 Å². The number of rotatable bonds is 7. The van der Waals surface area contributed by atoms with E-state index in [0.717, 1.165) is 6.07 Å². The molecule has 10 heteroatoms. The molecule has 0 aliphatic carbocycles. The number of esters is 1. The predicted molar refractivity (Wildman–Crippen MR) is 86.3 cm³/mol. The second kappa shape index (κ2) is 8.29. The van der Waals surface area contributed by atoms with Crippen LogP contribution in [0.5, 0.6) is 0 Å². The van der Waals surface area contributed by atoms with Gasteiger partial charge in [0.2, 0.25) is 17.8 Å². The van der Waals surface area contributed by atoms with Crippen LogP contribution in [0.3, 0.4) is 0 Å². The third-order valence-electron chi connectivity index (χ3n) is 2.76. The lowest BCUT2D eigenvalue weighted by molar-refractivity contribution is -0.142. The zero-order valence-electron chi connectivity index (χ0n) is 13.2. The average molecular weight is 353 g/mol. The molecule has 2 aromatic rings. The maximum Gasteiger partial charge on any atom is 0.311 e. The first-order chi connectivity index (χ1) is 11.5. The summed E-state index contributed by atoms with van der Waals surface area (Å²) in [4.78, 5) is 36.4. The maximum absolute atomic E-state index is 13.0. The number of nitrogens with one attached hydrogen (secondary N) is 1. The number of amides is 1. The lowest BCUT2D eigenvalue weighted by Crippen LogP contribution is -2.31. The predicted octanol–water partition coefficient (Wildman–Crippen LogP) is 1.25. The van der Waals surface area contributed by atoms with Gasteiger partial charge >= 0.3 is 5.97 Å². The molecule has 0 saturated heterocycles. The molecule has 128 valence electrons. The van der Waals surface area contributed by atoms with Crippen LogP contribution in [0, 0.1) is 5.95 Å². The standard InChI is InChI=1S/C14H16FN5O3S/c1-3-23-12(22)6-9-8-24-14(17-9)19-11(21)7-20(2)13-16-5-4-10(15)18-13/h4-5,8H,3,6-7H2,1-2H3,(H,17,19,21). The first-order valence-electron chi connectivity index (χ1n) is 7.07. The molecule has 0 radical (unpaired) electrons. The van der Waals surface area contributed by atoms with Crippen molar-refractivity contribution in [3.8, 4) is 0 Å². The molecular formula is C14H16FN5O3S. The molecule has 0 fully saturated rings. The van der Waals surface area contributed by atoms with Gasteiger partial charge in [0.1, 0.15) is 0 Å². The van der Waals surface area contributed by atoms with Crippen LogP contribution in [0.4, 0.5) is 15.5 Å². The number of ether oxygens (including phenoxy) is 1. The Morgan fingerprint density at radius 3 is 2.92 bits per heavy atom. The summed E-state index contributed by atoms with van der Waals surface area (Å²) in [6, 6.07) is 1.12. The highest BCUT2D eigenvalue weighted by Gasteiger charge is 2.13. The van der Waals surface area contributed by atoms with E-state index in [4.69, 9.17) is 4.74 Å². The van der Waals surface area contributed by atoms with Crippen molar-refractivity contribution >= 4 is 34.3 Å². The number of likely N-dealkylation sites (N-methyl/N-ethyl adjacent to an activating group) is 1. The smallest absolute Gasteiger partial charge is 0.311 e. The molecule has 2 heterocycles. The molecule has 0 aromatic carbocycles. The van der Waals surface area contributed by atoms with Crippen LogP contribution >= 0.6 is 11.3 Å². The van der Waals surface area contributed by atoms with Crippen LogP contribution in [-0.2, 0) is 20.7 Å². The van der Waals surface area contributed by atoms with E-state index in [1.54, 1.807) is 19.4 Å². The van der Waals surface area contributed by atoms with Gasteiger partial charge in [0.15, 0.2) is 5.13 Å². The molecular weight excluding hydrogens is 337 g/mol. The summed E-state index contributed by atoms with van der Waals surface area (Å²) >= 11 is 1.20. The number of halogens is 1. The first kappa shape index (κ1) is 17.7. The molecule has 8 nitrogen and oxygen atoms in total. The van der Waals surface area contributed by atoms with Crippen LogP contribution in [0.1, 0.15) is 12.6 Å². The van der Waals surface area contributed by atoms with E-state index < -0.39 is 5.95 Å². The zero-order chi connectivity index (χ0) is 17.5. The number of carbonyl (C=O) groups excluding carboxylic acids is 2. The van der Waals surface area contributed by atoms with E-state index in [2.05, 4.69) is 20.3 Å². The molecule has 2 rings (SSSR count). The Balaban J connectivity index is 1.88. The van der Waals surface area contributed by atoms with Crippen LogP contribution in [0.25, 0.3) is 0 Å². The van der Waals surface area contributed by atoms with Gasteiger partial charge in [-0.3, -0.25) is 9.59 Å². The fourth-order valence-electron chi connectivity index (χ4n) is 1.76. The molecule has 0 bridgehead atoms. The minimum absolute atomic E-state index is 0.0528. The summed E-state index contributed by atoms with van der Waals surface area (Å²) in [5, 5.41) is 4.65. The fourth-order valence-corrected chi connectivity index (χ4v) is 2.49. The Hall–Kier alpha value is -2.62.